The lowest BCUT2D eigenvalue weighted by Crippen LogP contribution is -2.49. The maximum Gasteiger partial charge on any atom is 0.253 e. The zero-order chi connectivity index (χ0) is 17.0. The minimum absolute atomic E-state index is 0.0719. The lowest BCUT2D eigenvalue weighted by Gasteiger charge is -2.42. The summed E-state index contributed by atoms with van der Waals surface area (Å²) in [6, 6.07) is 11.2. The van der Waals surface area contributed by atoms with Gasteiger partial charge in [0.05, 0.1) is 15.7 Å². The van der Waals surface area contributed by atoms with E-state index in [0.29, 0.717) is 19.0 Å². The Balaban J connectivity index is 1.46. The van der Waals surface area contributed by atoms with Gasteiger partial charge in [0, 0.05) is 42.9 Å². The molecule has 2 bridgehead atoms. The lowest BCUT2D eigenvalue weighted by molar-refractivity contribution is 0.0595. The van der Waals surface area contributed by atoms with E-state index >= 15 is 0 Å². The fourth-order valence-corrected chi connectivity index (χ4v) is 4.95. The van der Waals surface area contributed by atoms with Crippen molar-refractivity contribution in [3.63, 3.8) is 0 Å². The number of pyridine rings is 1. The van der Waals surface area contributed by atoms with Crippen LogP contribution in [0.1, 0.15) is 28.4 Å². The molecule has 3 aromatic rings. The number of rotatable bonds is 1. The molecule has 1 aromatic carbocycles. The first kappa shape index (κ1) is 14.8. The molecule has 2 aromatic heterocycles. The number of nitrogens with zero attached hydrogens (tertiary/aromatic N) is 3. The van der Waals surface area contributed by atoms with E-state index in [1.54, 1.807) is 22.9 Å². The van der Waals surface area contributed by atoms with Crippen molar-refractivity contribution in [3.05, 3.63) is 63.5 Å². The first-order chi connectivity index (χ1) is 12.2. The smallest absolute Gasteiger partial charge is 0.253 e. The Labute approximate surface area is 148 Å². The average molecular weight is 351 g/mol. The number of benzene rings is 1. The number of piperidine rings is 1. The molecule has 2 atom stereocenters. The van der Waals surface area contributed by atoms with E-state index in [1.807, 2.05) is 39.8 Å². The molecular weight excluding hydrogens is 334 g/mol. The van der Waals surface area contributed by atoms with Gasteiger partial charge in [-0.1, -0.05) is 6.07 Å². The fourth-order valence-electron chi connectivity index (χ4n) is 4.23. The zero-order valence-electron chi connectivity index (χ0n) is 13.6. The van der Waals surface area contributed by atoms with Crippen LogP contribution in [0.25, 0.3) is 10.2 Å². The summed E-state index contributed by atoms with van der Waals surface area (Å²) >= 11 is 1.55. The topological polar surface area (TPSA) is 55.2 Å². The van der Waals surface area contributed by atoms with Crippen molar-refractivity contribution in [2.75, 3.05) is 13.1 Å². The Morgan fingerprint density at radius 3 is 3.00 bits per heavy atom. The highest BCUT2D eigenvalue weighted by Gasteiger charge is 2.36. The lowest BCUT2D eigenvalue weighted by atomic mass is 9.83. The second-order valence-corrected chi connectivity index (χ2v) is 7.83. The molecule has 6 heteroatoms. The van der Waals surface area contributed by atoms with E-state index in [4.69, 9.17) is 0 Å². The molecule has 1 amide bonds. The molecule has 1 saturated heterocycles. The standard InChI is InChI=1S/C19H17N3O2S/c23-18-3-1-2-16-14-6-12(9-22(16)18)8-21(10-14)19(24)13-4-5-15-17(7-13)25-11-20-15/h1-5,7,11-12,14H,6,8-10H2/t12-,14+/m1/s1. The van der Waals surface area contributed by atoms with Gasteiger partial charge in [0.1, 0.15) is 0 Å². The van der Waals surface area contributed by atoms with Gasteiger partial charge in [0.15, 0.2) is 0 Å². The Bertz CT molecular complexity index is 1040. The summed E-state index contributed by atoms with van der Waals surface area (Å²) in [5, 5.41) is 0. The normalized spacial score (nSPS) is 22.0. The summed E-state index contributed by atoms with van der Waals surface area (Å²) in [6.07, 6.45) is 1.06. The summed E-state index contributed by atoms with van der Waals surface area (Å²) in [6.45, 7) is 2.11. The van der Waals surface area contributed by atoms with Crippen LogP contribution in [-0.4, -0.2) is 33.4 Å². The van der Waals surface area contributed by atoms with E-state index in [2.05, 4.69) is 4.98 Å². The van der Waals surface area contributed by atoms with Crippen molar-refractivity contribution in [1.29, 1.82) is 0 Å². The van der Waals surface area contributed by atoms with E-state index in [-0.39, 0.29) is 17.4 Å². The minimum Gasteiger partial charge on any atom is -0.338 e. The molecule has 4 heterocycles. The highest BCUT2D eigenvalue weighted by molar-refractivity contribution is 7.16. The maximum atomic E-state index is 13.0. The molecular formula is C19H17N3O2S. The van der Waals surface area contributed by atoms with E-state index in [0.717, 1.165) is 34.4 Å². The molecule has 0 radical (unpaired) electrons. The summed E-state index contributed by atoms with van der Waals surface area (Å²) in [5.74, 6) is 0.677. The van der Waals surface area contributed by atoms with Gasteiger partial charge in [-0.2, -0.15) is 0 Å². The molecule has 5 rings (SSSR count). The molecule has 0 aliphatic carbocycles. The Hall–Kier alpha value is -2.47. The number of thiazole rings is 1. The van der Waals surface area contributed by atoms with Gasteiger partial charge in [0.2, 0.25) is 0 Å². The third kappa shape index (κ3) is 2.40. The molecule has 2 aliphatic heterocycles. The van der Waals surface area contributed by atoms with Crippen LogP contribution in [0.4, 0.5) is 0 Å². The third-order valence-corrected chi connectivity index (χ3v) is 6.14. The van der Waals surface area contributed by atoms with Crippen LogP contribution in [0.2, 0.25) is 0 Å². The number of carbonyl (C=O) groups excluding carboxylic acids is 1. The summed E-state index contributed by atoms with van der Waals surface area (Å²) in [5.41, 5.74) is 4.60. The van der Waals surface area contributed by atoms with Gasteiger partial charge in [-0.25, -0.2) is 4.98 Å². The van der Waals surface area contributed by atoms with Crippen molar-refractivity contribution in [2.45, 2.75) is 18.9 Å². The van der Waals surface area contributed by atoms with E-state index in [9.17, 15) is 9.59 Å². The molecule has 5 nitrogen and oxygen atoms in total. The quantitative estimate of drug-likeness (QED) is 0.677. The van der Waals surface area contributed by atoms with E-state index < -0.39 is 0 Å². The number of hydrogen-bond donors (Lipinski definition) is 0. The van der Waals surface area contributed by atoms with Crippen molar-refractivity contribution in [2.24, 2.45) is 5.92 Å². The van der Waals surface area contributed by atoms with Crippen LogP contribution in [0, 0.1) is 5.92 Å². The SMILES string of the molecule is O=C(c1ccc2ncsc2c1)N1C[C@H]2C[C@@H](C1)c1cccc(=O)n1C2. The predicted octanol–water partition coefficient (Wildman–Crippen LogP) is 2.72. The molecule has 0 saturated carbocycles. The first-order valence-electron chi connectivity index (χ1n) is 8.51. The van der Waals surface area contributed by atoms with Gasteiger partial charge in [-0.05, 0) is 36.6 Å². The largest absolute Gasteiger partial charge is 0.338 e. The molecule has 126 valence electrons. The van der Waals surface area contributed by atoms with Crippen LogP contribution in [0.3, 0.4) is 0 Å². The van der Waals surface area contributed by atoms with Gasteiger partial charge >= 0.3 is 0 Å². The Morgan fingerprint density at radius 1 is 1.16 bits per heavy atom. The summed E-state index contributed by atoms with van der Waals surface area (Å²) < 4.78 is 2.93. The number of fused-ring (bicyclic) bond motifs is 5. The highest BCUT2D eigenvalue weighted by atomic mass is 32.1. The minimum atomic E-state index is 0.0719. The second kappa shape index (κ2) is 5.52. The van der Waals surface area contributed by atoms with Crippen LogP contribution < -0.4 is 5.56 Å². The van der Waals surface area contributed by atoms with Gasteiger partial charge in [0.25, 0.3) is 11.5 Å². The number of amides is 1. The Kier molecular flexibility index (Phi) is 3.28. The zero-order valence-corrected chi connectivity index (χ0v) is 14.4. The average Bonchev–Trinajstić information content (AvgIpc) is 3.09. The van der Waals surface area contributed by atoms with Crippen molar-refractivity contribution < 1.29 is 4.79 Å². The third-order valence-electron chi connectivity index (χ3n) is 5.35. The molecule has 0 unspecified atom stereocenters. The maximum absolute atomic E-state index is 13.0. The summed E-state index contributed by atoms with van der Waals surface area (Å²) in [4.78, 5) is 31.4. The first-order valence-corrected chi connectivity index (χ1v) is 9.39. The van der Waals surface area contributed by atoms with Crippen LogP contribution in [-0.2, 0) is 6.54 Å². The predicted molar refractivity (Wildman–Crippen MR) is 97.1 cm³/mol. The molecule has 0 N–H and O–H groups in total. The van der Waals surface area contributed by atoms with Crippen LogP contribution in [0.15, 0.2) is 46.7 Å². The number of carbonyl (C=O) groups is 1. The Morgan fingerprint density at radius 2 is 2.08 bits per heavy atom. The van der Waals surface area contributed by atoms with Crippen LogP contribution in [0.5, 0.6) is 0 Å². The fraction of sp³-hybridized carbons (Fsp3) is 0.316. The van der Waals surface area contributed by atoms with Crippen LogP contribution >= 0.6 is 11.3 Å². The number of aromatic nitrogens is 2. The second-order valence-electron chi connectivity index (χ2n) is 6.94. The molecule has 25 heavy (non-hydrogen) atoms. The van der Waals surface area contributed by atoms with Gasteiger partial charge < -0.3 is 9.47 Å². The van der Waals surface area contributed by atoms with Crippen molar-refractivity contribution in [1.82, 2.24) is 14.5 Å². The van der Waals surface area contributed by atoms with Gasteiger partial charge in [-0.15, -0.1) is 11.3 Å². The van der Waals surface area contributed by atoms with Gasteiger partial charge in [-0.3, -0.25) is 9.59 Å². The molecule has 1 fully saturated rings. The molecule has 2 aliphatic rings. The number of likely N-dealkylation sites (tertiary alicyclic amines) is 1. The highest BCUT2D eigenvalue weighted by Crippen LogP contribution is 2.35. The van der Waals surface area contributed by atoms with Crippen molar-refractivity contribution >= 4 is 27.5 Å². The number of hydrogen-bond acceptors (Lipinski definition) is 4. The van der Waals surface area contributed by atoms with E-state index in [1.165, 1.54) is 0 Å². The summed E-state index contributed by atoms with van der Waals surface area (Å²) in [7, 11) is 0. The monoisotopic (exact) mass is 351 g/mol. The van der Waals surface area contributed by atoms with Crippen molar-refractivity contribution in [3.8, 4) is 0 Å². The molecule has 0 spiro atoms.